The fourth-order valence-corrected chi connectivity index (χ4v) is 1.96. The molecule has 15 heavy (non-hydrogen) atoms. The minimum absolute atomic E-state index is 0.144. The van der Waals surface area contributed by atoms with Crippen LogP contribution in [0.5, 0.6) is 0 Å². The topological polar surface area (TPSA) is 37.3 Å². The molecule has 0 saturated heterocycles. The second-order valence-electron chi connectivity index (χ2n) is 4.61. The summed E-state index contributed by atoms with van der Waals surface area (Å²) >= 11 is 0. The Kier molecular flexibility index (Phi) is 2.51. The molecular weight excluding hydrogens is 188 g/mol. The van der Waals surface area contributed by atoms with Gasteiger partial charge in [-0.1, -0.05) is 38.1 Å². The van der Waals surface area contributed by atoms with Crippen molar-refractivity contribution in [1.29, 1.82) is 0 Å². The van der Waals surface area contributed by atoms with Crippen LogP contribution >= 0.6 is 0 Å². The maximum atomic E-state index is 10.7. The van der Waals surface area contributed by atoms with Crippen LogP contribution in [0.15, 0.2) is 24.3 Å². The lowest BCUT2D eigenvalue weighted by molar-refractivity contribution is -0.138. The standard InChI is InChI=1S/C13H16O2/c1-8(2)9-3-5-10(6-4-9)11-7-12(11)13(14)15/h3-6,8,11-12H,7H2,1-2H3,(H,14,15)/t11-,12+/m0/s1. The van der Waals surface area contributed by atoms with Crippen molar-refractivity contribution in [2.24, 2.45) is 5.92 Å². The summed E-state index contributed by atoms with van der Waals surface area (Å²) in [5.74, 6) is -0.0138. The van der Waals surface area contributed by atoms with E-state index in [1.807, 2.05) is 0 Å². The van der Waals surface area contributed by atoms with Crippen molar-refractivity contribution in [3.8, 4) is 0 Å². The summed E-state index contributed by atoms with van der Waals surface area (Å²) in [7, 11) is 0. The molecule has 2 rings (SSSR count). The summed E-state index contributed by atoms with van der Waals surface area (Å²) in [6, 6.07) is 8.36. The van der Waals surface area contributed by atoms with Gasteiger partial charge in [-0.15, -0.1) is 0 Å². The third-order valence-electron chi connectivity index (χ3n) is 3.14. The Morgan fingerprint density at radius 2 is 1.93 bits per heavy atom. The van der Waals surface area contributed by atoms with E-state index in [-0.39, 0.29) is 11.8 Å². The fourth-order valence-electron chi connectivity index (χ4n) is 1.96. The summed E-state index contributed by atoms with van der Waals surface area (Å²) in [6.45, 7) is 4.32. The van der Waals surface area contributed by atoms with Crippen molar-refractivity contribution in [2.75, 3.05) is 0 Å². The summed E-state index contributed by atoms with van der Waals surface area (Å²) in [6.07, 6.45) is 0.802. The van der Waals surface area contributed by atoms with Gasteiger partial charge in [0.15, 0.2) is 0 Å². The number of carboxylic acids is 1. The number of aliphatic carboxylic acids is 1. The van der Waals surface area contributed by atoms with Crippen LogP contribution in [0.1, 0.15) is 43.2 Å². The molecule has 1 aliphatic rings. The predicted molar refractivity (Wildman–Crippen MR) is 59.0 cm³/mol. The van der Waals surface area contributed by atoms with Crippen LogP contribution in [0.25, 0.3) is 0 Å². The summed E-state index contributed by atoms with van der Waals surface area (Å²) in [4.78, 5) is 10.7. The summed E-state index contributed by atoms with van der Waals surface area (Å²) in [5, 5.41) is 8.83. The molecule has 1 fully saturated rings. The van der Waals surface area contributed by atoms with Gasteiger partial charge in [0.05, 0.1) is 5.92 Å². The van der Waals surface area contributed by atoms with E-state index in [2.05, 4.69) is 38.1 Å². The molecule has 80 valence electrons. The van der Waals surface area contributed by atoms with Crippen molar-refractivity contribution in [2.45, 2.75) is 32.1 Å². The number of benzene rings is 1. The second kappa shape index (κ2) is 3.69. The van der Waals surface area contributed by atoms with Crippen LogP contribution < -0.4 is 0 Å². The molecule has 0 heterocycles. The van der Waals surface area contributed by atoms with Gasteiger partial charge < -0.3 is 5.11 Å². The van der Waals surface area contributed by atoms with Crippen molar-refractivity contribution >= 4 is 5.97 Å². The average Bonchev–Trinajstić information content (AvgIpc) is 2.97. The zero-order valence-corrected chi connectivity index (χ0v) is 9.10. The molecule has 0 amide bonds. The lowest BCUT2D eigenvalue weighted by Gasteiger charge is -2.06. The van der Waals surface area contributed by atoms with Gasteiger partial charge >= 0.3 is 5.97 Å². The van der Waals surface area contributed by atoms with Gasteiger partial charge in [0.1, 0.15) is 0 Å². The minimum Gasteiger partial charge on any atom is -0.481 e. The molecule has 0 aromatic heterocycles. The first-order valence-electron chi connectivity index (χ1n) is 5.42. The number of hydrogen-bond acceptors (Lipinski definition) is 1. The van der Waals surface area contributed by atoms with E-state index in [0.29, 0.717) is 5.92 Å². The Labute approximate surface area is 89.9 Å². The van der Waals surface area contributed by atoms with E-state index < -0.39 is 5.97 Å². The predicted octanol–water partition coefficient (Wildman–Crippen LogP) is 3.00. The van der Waals surface area contributed by atoms with Crippen molar-refractivity contribution in [3.63, 3.8) is 0 Å². The molecule has 1 N–H and O–H groups in total. The quantitative estimate of drug-likeness (QED) is 0.821. The highest BCUT2D eigenvalue weighted by Gasteiger charge is 2.43. The highest BCUT2D eigenvalue weighted by molar-refractivity contribution is 5.75. The molecule has 0 bridgehead atoms. The number of rotatable bonds is 3. The largest absolute Gasteiger partial charge is 0.481 e. The summed E-state index contributed by atoms with van der Waals surface area (Å²) in [5.41, 5.74) is 2.48. The third kappa shape index (κ3) is 2.04. The van der Waals surface area contributed by atoms with Crippen LogP contribution in [0.2, 0.25) is 0 Å². The van der Waals surface area contributed by atoms with Gasteiger partial charge in [0, 0.05) is 0 Å². The van der Waals surface area contributed by atoms with E-state index in [1.165, 1.54) is 11.1 Å². The lowest BCUT2D eigenvalue weighted by atomic mass is 10.00. The highest BCUT2D eigenvalue weighted by Crippen LogP contribution is 2.47. The molecule has 0 radical (unpaired) electrons. The van der Waals surface area contributed by atoms with Crippen LogP contribution in [0.4, 0.5) is 0 Å². The number of carbonyl (C=O) groups is 1. The molecule has 1 aromatic carbocycles. The average molecular weight is 204 g/mol. The van der Waals surface area contributed by atoms with E-state index in [9.17, 15) is 4.79 Å². The zero-order valence-electron chi connectivity index (χ0n) is 9.10. The Morgan fingerprint density at radius 3 is 2.33 bits per heavy atom. The number of hydrogen-bond donors (Lipinski definition) is 1. The summed E-state index contributed by atoms with van der Waals surface area (Å²) < 4.78 is 0. The first-order valence-corrected chi connectivity index (χ1v) is 5.42. The normalized spacial score (nSPS) is 24.2. The Hall–Kier alpha value is -1.31. The smallest absolute Gasteiger partial charge is 0.307 e. The first kappa shape index (κ1) is 10.2. The second-order valence-corrected chi connectivity index (χ2v) is 4.61. The van der Waals surface area contributed by atoms with Gasteiger partial charge in [-0.3, -0.25) is 4.79 Å². The number of carboxylic acid groups (broad SMARTS) is 1. The molecule has 0 aliphatic heterocycles. The SMILES string of the molecule is CC(C)c1ccc([C@@H]2C[C@H]2C(=O)O)cc1. The van der Waals surface area contributed by atoms with Gasteiger partial charge in [-0.25, -0.2) is 0 Å². The lowest BCUT2D eigenvalue weighted by Crippen LogP contribution is -1.99. The van der Waals surface area contributed by atoms with Crippen LogP contribution in [-0.4, -0.2) is 11.1 Å². The van der Waals surface area contributed by atoms with E-state index in [0.717, 1.165) is 6.42 Å². The fraction of sp³-hybridized carbons (Fsp3) is 0.462. The highest BCUT2D eigenvalue weighted by atomic mass is 16.4. The molecule has 0 spiro atoms. The molecular formula is C13H16O2. The van der Waals surface area contributed by atoms with E-state index >= 15 is 0 Å². The zero-order chi connectivity index (χ0) is 11.0. The molecule has 2 nitrogen and oxygen atoms in total. The van der Waals surface area contributed by atoms with Gasteiger partial charge in [0.2, 0.25) is 0 Å². The van der Waals surface area contributed by atoms with Crippen molar-refractivity contribution < 1.29 is 9.90 Å². The van der Waals surface area contributed by atoms with Gasteiger partial charge in [-0.2, -0.15) is 0 Å². The Morgan fingerprint density at radius 1 is 1.33 bits per heavy atom. The monoisotopic (exact) mass is 204 g/mol. The Bertz CT molecular complexity index is 365. The molecule has 2 heteroatoms. The van der Waals surface area contributed by atoms with Gasteiger partial charge in [-0.05, 0) is 29.4 Å². The molecule has 0 unspecified atom stereocenters. The van der Waals surface area contributed by atoms with Crippen molar-refractivity contribution in [1.82, 2.24) is 0 Å². The van der Waals surface area contributed by atoms with E-state index in [4.69, 9.17) is 5.11 Å². The first-order chi connectivity index (χ1) is 7.09. The van der Waals surface area contributed by atoms with Crippen LogP contribution in [-0.2, 0) is 4.79 Å². The maximum Gasteiger partial charge on any atom is 0.307 e. The third-order valence-corrected chi connectivity index (χ3v) is 3.14. The molecule has 1 aliphatic carbocycles. The van der Waals surface area contributed by atoms with Crippen molar-refractivity contribution in [3.05, 3.63) is 35.4 Å². The molecule has 1 aromatic rings. The Balaban J connectivity index is 2.09. The van der Waals surface area contributed by atoms with E-state index in [1.54, 1.807) is 0 Å². The maximum absolute atomic E-state index is 10.7. The minimum atomic E-state index is -0.659. The molecule has 1 saturated carbocycles. The van der Waals surface area contributed by atoms with Crippen LogP contribution in [0, 0.1) is 5.92 Å². The molecule has 2 atom stereocenters. The van der Waals surface area contributed by atoms with Gasteiger partial charge in [0.25, 0.3) is 0 Å². The van der Waals surface area contributed by atoms with Crippen LogP contribution in [0.3, 0.4) is 0 Å².